The molecule has 0 spiro atoms. The summed E-state index contributed by atoms with van der Waals surface area (Å²) in [7, 11) is 0. The first-order valence-corrected chi connectivity index (χ1v) is 3.90. The summed E-state index contributed by atoms with van der Waals surface area (Å²) in [6.45, 7) is 1.88. The first kappa shape index (κ1) is 7.81. The van der Waals surface area contributed by atoms with Gasteiger partial charge < -0.3 is 4.40 Å². The summed E-state index contributed by atoms with van der Waals surface area (Å²) in [5, 5.41) is 8.69. The zero-order valence-corrected chi connectivity index (χ0v) is 7.08. The highest BCUT2D eigenvalue weighted by Gasteiger charge is 2.09. The Hall–Kier alpha value is -1.82. The number of nitrogens with zero attached hydrogens (tertiary/aromatic N) is 2. The molecule has 2 nitrogen and oxygen atoms in total. The van der Waals surface area contributed by atoms with Gasteiger partial charge in [0.25, 0.3) is 0 Å². The molecule has 0 aliphatic carbocycles. The quantitative estimate of drug-likeness (QED) is 0.602. The number of hydrogen-bond donors (Lipinski definition) is 0. The van der Waals surface area contributed by atoms with E-state index < -0.39 is 5.82 Å². The third-order valence-electron chi connectivity index (χ3n) is 2.08. The van der Waals surface area contributed by atoms with Gasteiger partial charge in [-0.25, -0.2) is 4.39 Å². The molecule has 0 amide bonds. The fourth-order valence-electron chi connectivity index (χ4n) is 1.42. The maximum absolute atomic E-state index is 13.1. The van der Waals surface area contributed by atoms with E-state index in [2.05, 4.69) is 0 Å². The molecule has 0 atom stereocenters. The number of aryl methyl sites for hydroxylation is 1. The van der Waals surface area contributed by atoms with Crippen LogP contribution < -0.4 is 0 Å². The van der Waals surface area contributed by atoms with Gasteiger partial charge in [-0.1, -0.05) is 6.07 Å². The minimum absolute atomic E-state index is 0.0682. The van der Waals surface area contributed by atoms with Gasteiger partial charge >= 0.3 is 0 Å². The molecule has 0 fully saturated rings. The maximum Gasteiger partial charge on any atom is 0.160 e. The normalized spacial score (nSPS) is 10.2. The highest BCUT2D eigenvalue weighted by atomic mass is 19.1. The largest absolute Gasteiger partial charge is 0.306 e. The molecule has 2 rings (SSSR count). The summed E-state index contributed by atoms with van der Waals surface area (Å²) in [6.07, 6.45) is 1.68. The molecule has 0 aromatic carbocycles. The van der Waals surface area contributed by atoms with Crippen LogP contribution in [0.1, 0.15) is 11.3 Å². The van der Waals surface area contributed by atoms with Crippen molar-refractivity contribution in [2.24, 2.45) is 0 Å². The van der Waals surface area contributed by atoms with E-state index in [4.69, 9.17) is 5.26 Å². The Labute approximate surface area is 74.8 Å². The number of aromatic nitrogens is 1. The van der Waals surface area contributed by atoms with E-state index in [9.17, 15) is 4.39 Å². The Bertz CT molecular complexity index is 505. The van der Waals surface area contributed by atoms with Crippen LogP contribution in [0.2, 0.25) is 0 Å². The van der Waals surface area contributed by atoms with Crippen molar-refractivity contribution in [1.29, 1.82) is 5.26 Å². The summed E-state index contributed by atoms with van der Waals surface area (Å²) in [4.78, 5) is 0. The van der Waals surface area contributed by atoms with Gasteiger partial charge in [0.15, 0.2) is 11.5 Å². The zero-order valence-electron chi connectivity index (χ0n) is 7.08. The van der Waals surface area contributed by atoms with Crippen molar-refractivity contribution >= 4 is 5.52 Å². The molecule has 0 saturated heterocycles. The number of halogens is 1. The number of pyridine rings is 1. The molecule has 0 N–H and O–H groups in total. The molecular formula is C10H7FN2. The van der Waals surface area contributed by atoms with E-state index in [1.807, 2.05) is 19.1 Å². The predicted molar refractivity (Wildman–Crippen MR) is 46.8 cm³/mol. The second-order valence-corrected chi connectivity index (χ2v) is 2.90. The minimum Gasteiger partial charge on any atom is -0.306 e. The standard InChI is InChI=1S/C10H7FN2/c1-7-3-2-4-13-9(7)5-8(11)10(13)6-12/h2-5H,1H3. The van der Waals surface area contributed by atoms with Crippen molar-refractivity contribution in [3.05, 3.63) is 41.5 Å². The van der Waals surface area contributed by atoms with Crippen molar-refractivity contribution in [3.63, 3.8) is 0 Å². The lowest BCUT2D eigenvalue weighted by Gasteiger charge is -1.97. The third-order valence-corrected chi connectivity index (χ3v) is 2.08. The van der Waals surface area contributed by atoms with Crippen LogP contribution in [0.4, 0.5) is 4.39 Å². The van der Waals surface area contributed by atoms with Crippen LogP contribution >= 0.6 is 0 Å². The summed E-state index contributed by atoms with van der Waals surface area (Å²) in [6, 6.07) is 6.90. The van der Waals surface area contributed by atoms with Crippen LogP contribution in [0.25, 0.3) is 5.52 Å². The topological polar surface area (TPSA) is 28.2 Å². The monoisotopic (exact) mass is 174 g/mol. The van der Waals surface area contributed by atoms with Gasteiger partial charge in [0.05, 0.1) is 5.52 Å². The Morgan fingerprint density at radius 1 is 1.54 bits per heavy atom. The molecule has 0 aliphatic rings. The average Bonchev–Trinajstić information content (AvgIpc) is 2.43. The second kappa shape index (κ2) is 2.60. The van der Waals surface area contributed by atoms with Crippen molar-refractivity contribution in [2.75, 3.05) is 0 Å². The lowest BCUT2D eigenvalue weighted by Crippen LogP contribution is -1.89. The number of fused-ring (bicyclic) bond motifs is 1. The predicted octanol–water partition coefficient (Wildman–Crippen LogP) is 2.26. The number of hydrogen-bond acceptors (Lipinski definition) is 1. The van der Waals surface area contributed by atoms with E-state index in [0.29, 0.717) is 0 Å². The molecule has 0 saturated carbocycles. The lowest BCUT2D eigenvalue weighted by atomic mass is 10.2. The molecule has 0 radical (unpaired) electrons. The SMILES string of the molecule is Cc1cccn2c(C#N)c(F)cc12. The van der Waals surface area contributed by atoms with Gasteiger partial charge in [0, 0.05) is 12.3 Å². The summed E-state index contributed by atoms with van der Waals surface area (Å²) >= 11 is 0. The average molecular weight is 174 g/mol. The van der Waals surface area contributed by atoms with Gasteiger partial charge in [-0.2, -0.15) is 5.26 Å². The first-order valence-electron chi connectivity index (χ1n) is 3.90. The van der Waals surface area contributed by atoms with Crippen molar-refractivity contribution in [2.45, 2.75) is 6.92 Å². The molecule has 64 valence electrons. The minimum atomic E-state index is -0.461. The Morgan fingerprint density at radius 3 is 3.00 bits per heavy atom. The third kappa shape index (κ3) is 0.994. The van der Waals surface area contributed by atoms with E-state index in [1.165, 1.54) is 6.07 Å². The molecule has 0 unspecified atom stereocenters. The summed E-state index contributed by atoms with van der Waals surface area (Å²) < 4.78 is 14.7. The number of nitriles is 1. The Kier molecular flexibility index (Phi) is 1.56. The van der Waals surface area contributed by atoms with E-state index in [0.717, 1.165) is 11.1 Å². The molecule has 2 aromatic rings. The van der Waals surface area contributed by atoms with Gasteiger partial charge in [0.1, 0.15) is 6.07 Å². The fraction of sp³-hybridized carbons (Fsp3) is 0.100. The fourth-order valence-corrected chi connectivity index (χ4v) is 1.42. The molecule has 2 aromatic heterocycles. The van der Waals surface area contributed by atoms with Crippen LogP contribution in [-0.4, -0.2) is 4.40 Å². The summed E-state index contributed by atoms with van der Waals surface area (Å²) in [5.41, 5.74) is 1.78. The Balaban J connectivity index is 2.96. The van der Waals surface area contributed by atoms with Crippen molar-refractivity contribution in [1.82, 2.24) is 4.40 Å². The lowest BCUT2D eigenvalue weighted by molar-refractivity contribution is 0.623. The highest BCUT2D eigenvalue weighted by Crippen LogP contribution is 2.17. The molecule has 3 heteroatoms. The van der Waals surface area contributed by atoms with Crippen LogP contribution in [0.3, 0.4) is 0 Å². The second-order valence-electron chi connectivity index (χ2n) is 2.90. The zero-order chi connectivity index (χ0) is 9.42. The summed E-state index contributed by atoms with van der Waals surface area (Å²) in [5.74, 6) is -0.461. The molecule has 0 aliphatic heterocycles. The molecule has 13 heavy (non-hydrogen) atoms. The van der Waals surface area contributed by atoms with Crippen LogP contribution in [0.15, 0.2) is 24.4 Å². The van der Waals surface area contributed by atoms with Gasteiger partial charge in [-0.3, -0.25) is 0 Å². The van der Waals surface area contributed by atoms with Crippen LogP contribution in [-0.2, 0) is 0 Å². The van der Waals surface area contributed by atoms with E-state index in [-0.39, 0.29) is 5.69 Å². The molecule has 0 bridgehead atoms. The van der Waals surface area contributed by atoms with Crippen LogP contribution in [0, 0.1) is 24.1 Å². The van der Waals surface area contributed by atoms with Gasteiger partial charge in [-0.05, 0) is 18.6 Å². The van der Waals surface area contributed by atoms with E-state index in [1.54, 1.807) is 16.7 Å². The maximum atomic E-state index is 13.1. The van der Waals surface area contributed by atoms with Crippen molar-refractivity contribution < 1.29 is 4.39 Å². The molecular weight excluding hydrogens is 167 g/mol. The number of rotatable bonds is 0. The van der Waals surface area contributed by atoms with Gasteiger partial charge in [-0.15, -0.1) is 0 Å². The Morgan fingerprint density at radius 2 is 2.31 bits per heavy atom. The highest BCUT2D eigenvalue weighted by molar-refractivity contribution is 5.58. The first-order chi connectivity index (χ1) is 6.24. The van der Waals surface area contributed by atoms with Gasteiger partial charge in [0.2, 0.25) is 0 Å². The van der Waals surface area contributed by atoms with Crippen LogP contribution in [0.5, 0.6) is 0 Å². The van der Waals surface area contributed by atoms with Crippen molar-refractivity contribution in [3.8, 4) is 6.07 Å². The van der Waals surface area contributed by atoms with E-state index >= 15 is 0 Å². The molecule has 2 heterocycles. The smallest absolute Gasteiger partial charge is 0.160 e.